The predicted molar refractivity (Wildman–Crippen MR) is 239 cm³/mol. The van der Waals surface area contributed by atoms with Crippen LogP contribution in [0.1, 0.15) is 0 Å². The average Bonchev–Trinajstić information content (AvgIpc) is 3.79. The highest BCUT2D eigenvalue weighted by molar-refractivity contribution is 6.28. The molecule has 2 aromatic heterocycles. The lowest BCUT2D eigenvalue weighted by molar-refractivity contribution is 1.18. The molecule has 260 valence electrons. The monoisotopic (exact) mass is 710 g/mol. The summed E-state index contributed by atoms with van der Waals surface area (Å²) in [5, 5.41) is 12.7. The minimum Gasteiger partial charge on any atom is -0.309 e. The van der Waals surface area contributed by atoms with Crippen LogP contribution in [-0.2, 0) is 0 Å². The van der Waals surface area contributed by atoms with Gasteiger partial charge in [-0.3, -0.25) is 0 Å². The van der Waals surface area contributed by atoms with Gasteiger partial charge >= 0.3 is 0 Å². The van der Waals surface area contributed by atoms with E-state index in [2.05, 4.69) is 215 Å². The van der Waals surface area contributed by atoms with Crippen LogP contribution in [0, 0.1) is 0 Å². The topological polar surface area (TPSA) is 9.86 Å². The van der Waals surface area contributed by atoms with Crippen molar-refractivity contribution in [2.24, 2.45) is 0 Å². The average molecular weight is 711 g/mol. The Kier molecular flexibility index (Phi) is 6.66. The molecule has 0 aliphatic carbocycles. The molecule has 12 rings (SSSR count). The molecular formula is C54H34N2. The van der Waals surface area contributed by atoms with Crippen LogP contribution < -0.4 is 0 Å². The van der Waals surface area contributed by atoms with E-state index in [9.17, 15) is 0 Å². The van der Waals surface area contributed by atoms with Gasteiger partial charge in [0.15, 0.2) is 0 Å². The normalized spacial score (nSPS) is 11.9. The van der Waals surface area contributed by atoms with E-state index in [1.165, 1.54) is 104 Å². The standard InChI is InChI=1S/C54H34N2/c1-3-14-35(15-4-1)40-22-13-23-45-41-18-7-8-19-42(41)47-34-39(28-29-46(47)54(40)45)56-51-25-12-10-21-44(51)49-33-37(27-31-53(49)56)36-26-30-52-48(32-36)43-20-9-11-24-50(43)55(52)38-16-5-2-6-17-38/h1-34H. The molecule has 0 bridgehead atoms. The van der Waals surface area contributed by atoms with Gasteiger partial charge < -0.3 is 9.13 Å². The van der Waals surface area contributed by atoms with E-state index in [-0.39, 0.29) is 0 Å². The molecule has 0 aliphatic rings. The lowest BCUT2D eigenvalue weighted by Gasteiger charge is -2.16. The van der Waals surface area contributed by atoms with E-state index in [4.69, 9.17) is 0 Å². The number of aromatic nitrogens is 2. The Labute approximate surface area is 323 Å². The van der Waals surface area contributed by atoms with Crippen LogP contribution in [0.5, 0.6) is 0 Å². The summed E-state index contributed by atoms with van der Waals surface area (Å²) in [5.74, 6) is 0. The van der Waals surface area contributed by atoms with Crippen LogP contribution in [0.3, 0.4) is 0 Å². The third kappa shape index (κ3) is 4.50. The smallest absolute Gasteiger partial charge is 0.0541 e. The highest BCUT2D eigenvalue weighted by Crippen LogP contribution is 2.43. The first-order chi connectivity index (χ1) is 27.8. The molecule has 10 aromatic carbocycles. The highest BCUT2D eigenvalue weighted by Gasteiger charge is 2.18. The number of nitrogens with zero attached hydrogens (tertiary/aromatic N) is 2. The fraction of sp³-hybridized carbons (Fsp3) is 0. The summed E-state index contributed by atoms with van der Waals surface area (Å²) in [5.41, 5.74) is 12.1. The number of rotatable bonds is 4. The van der Waals surface area contributed by atoms with Crippen molar-refractivity contribution in [3.63, 3.8) is 0 Å². The quantitative estimate of drug-likeness (QED) is 0.161. The van der Waals surface area contributed by atoms with Gasteiger partial charge in [-0.05, 0) is 115 Å². The molecular weight excluding hydrogens is 677 g/mol. The van der Waals surface area contributed by atoms with Gasteiger partial charge in [0, 0.05) is 32.9 Å². The molecule has 0 fully saturated rings. The second-order valence-electron chi connectivity index (χ2n) is 14.9. The highest BCUT2D eigenvalue weighted by atomic mass is 15.0. The number of hydrogen-bond acceptors (Lipinski definition) is 0. The summed E-state index contributed by atoms with van der Waals surface area (Å²) >= 11 is 0. The molecule has 2 nitrogen and oxygen atoms in total. The van der Waals surface area contributed by atoms with Crippen LogP contribution in [0.4, 0.5) is 0 Å². The van der Waals surface area contributed by atoms with E-state index < -0.39 is 0 Å². The van der Waals surface area contributed by atoms with E-state index >= 15 is 0 Å². The van der Waals surface area contributed by atoms with Crippen LogP contribution in [-0.4, -0.2) is 9.13 Å². The Bertz CT molecular complexity index is 3510. The SMILES string of the molecule is c1ccc(-c2cccc3c4ccccc4c4cc(-n5c6ccccc6c6cc(-c7ccc8c(c7)c7ccccc7n8-c7ccccc7)ccc65)ccc4c23)cc1. The molecule has 56 heavy (non-hydrogen) atoms. The Morgan fingerprint density at radius 3 is 1.36 bits per heavy atom. The lowest BCUT2D eigenvalue weighted by atomic mass is 9.89. The van der Waals surface area contributed by atoms with Crippen molar-refractivity contribution in [2.75, 3.05) is 0 Å². The summed E-state index contributed by atoms with van der Waals surface area (Å²) in [6.45, 7) is 0. The summed E-state index contributed by atoms with van der Waals surface area (Å²) in [7, 11) is 0. The molecule has 0 saturated heterocycles. The predicted octanol–water partition coefficient (Wildman–Crippen LogP) is 14.7. The zero-order valence-electron chi connectivity index (χ0n) is 30.5. The Hall–Kier alpha value is -7.42. The zero-order chi connectivity index (χ0) is 36.7. The molecule has 0 aliphatic heterocycles. The molecule has 0 saturated carbocycles. The number of para-hydroxylation sites is 3. The van der Waals surface area contributed by atoms with Gasteiger partial charge in [-0.15, -0.1) is 0 Å². The minimum absolute atomic E-state index is 1.16. The molecule has 0 amide bonds. The number of benzene rings is 10. The van der Waals surface area contributed by atoms with Gasteiger partial charge in [-0.25, -0.2) is 0 Å². The van der Waals surface area contributed by atoms with Gasteiger partial charge in [0.2, 0.25) is 0 Å². The molecule has 0 radical (unpaired) electrons. The van der Waals surface area contributed by atoms with Crippen molar-refractivity contribution < 1.29 is 0 Å². The van der Waals surface area contributed by atoms with Crippen molar-refractivity contribution >= 4 is 75.9 Å². The van der Waals surface area contributed by atoms with Crippen LogP contribution >= 0.6 is 0 Å². The van der Waals surface area contributed by atoms with E-state index in [1.54, 1.807) is 0 Å². The summed E-state index contributed by atoms with van der Waals surface area (Å²) < 4.78 is 4.83. The van der Waals surface area contributed by atoms with Crippen LogP contribution in [0.25, 0.3) is 110 Å². The Morgan fingerprint density at radius 2 is 0.714 bits per heavy atom. The summed E-state index contributed by atoms with van der Waals surface area (Å²) in [6, 6.07) is 75.7. The molecule has 2 heteroatoms. The zero-order valence-corrected chi connectivity index (χ0v) is 30.5. The van der Waals surface area contributed by atoms with Gasteiger partial charge in [0.1, 0.15) is 0 Å². The number of fused-ring (bicyclic) bond motifs is 12. The molecule has 0 spiro atoms. The first-order valence-corrected chi connectivity index (χ1v) is 19.4. The van der Waals surface area contributed by atoms with Gasteiger partial charge in [-0.2, -0.15) is 0 Å². The first-order valence-electron chi connectivity index (χ1n) is 19.4. The van der Waals surface area contributed by atoms with Crippen LogP contribution in [0.15, 0.2) is 206 Å². The fourth-order valence-electron chi connectivity index (χ4n) is 9.43. The molecule has 0 atom stereocenters. The van der Waals surface area contributed by atoms with E-state index in [1.807, 2.05) is 0 Å². The molecule has 12 aromatic rings. The maximum Gasteiger partial charge on any atom is 0.0541 e. The largest absolute Gasteiger partial charge is 0.309 e. The van der Waals surface area contributed by atoms with Gasteiger partial charge in [0.05, 0.1) is 22.1 Å². The summed E-state index contributed by atoms with van der Waals surface area (Å²) in [6.07, 6.45) is 0. The first kappa shape index (κ1) is 31.0. The van der Waals surface area contributed by atoms with Crippen molar-refractivity contribution in [1.29, 1.82) is 0 Å². The Morgan fingerprint density at radius 1 is 0.232 bits per heavy atom. The van der Waals surface area contributed by atoms with Crippen LogP contribution in [0.2, 0.25) is 0 Å². The van der Waals surface area contributed by atoms with Crippen molar-refractivity contribution in [2.45, 2.75) is 0 Å². The van der Waals surface area contributed by atoms with Gasteiger partial charge in [0.25, 0.3) is 0 Å². The maximum absolute atomic E-state index is 2.45. The van der Waals surface area contributed by atoms with E-state index in [0.29, 0.717) is 0 Å². The summed E-state index contributed by atoms with van der Waals surface area (Å²) in [4.78, 5) is 0. The maximum atomic E-state index is 2.45. The van der Waals surface area contributed by atoms with Crippen molar-refractivity contribution in [1.82, 2.24) is 9.13 Å². The minimum atomic E-state index is 1.16. The third-order valence-corrected chi connectivity index (χ3v) is 11.9. The van der Waals surface area contributed by atoms with Crippen molar-refractivity contribution in [3.05, 3.63) is 206 Å². The number of hydrogen-bond donors (Lipinski definition) is 0. The fourth-order valence-corrected chi connectivity index (χ4v) is 9.43. The third-order valence-electron chi connectivity index (χ3n) is 11.9. The van der Waals surface area contributed by atoms with Crippen molar-refractivity contribution in [3.8, 4) is 33.6 Å². The van der Waals surface area contributed by atoms with E-state index in [0.717, 1.165) is 5.69 Å². The lowest BCUT2D eigenvalue weighted by Crippen LogP contribution is -1.95. The molecule has 0 N–H and O–H groups in total. The second kappa shape index (κ2) is 12.0. The molecule has 0 unspecified atom stereocenters. The molecule has 2 heterocycles. The second-order valence-corrected chi connectivity index (χ2v) is 14.9. The van der Waals surface area contributed by atoms with Gasteiger partial charge in [-0.1, -0.05) is 146 Å². The Balaban J connectivity index is 1.07.